The highest BCUT2D eigenvalue weighted by Crippen LogP contribution is 2.22. The van der Waals surface area contributed by atoms with Gasteiger partial charge in [-0.2, -0.15) is 0 Å². The van der Waals surface area contributed by atoms with Gasteiger partial charge in [0.25, 0.3) is 0 Å². The van der Waals surface area contributed by atoms with Crippen molar-refractivity contribution in [2.45, 2.75) is 58.1 Å². The second-order valence-corrected chi connectivity index (χ2v) is 6.55. The molecule has 1 fully saturated rings. The predicted molar refractivity (Wildman–Crippen MR) is 75.9 cm³/mol. The zero-order valence-corrected chi connectivity index (χ0v) is 12.3. The second kappa shape index (κ2) is 6.13. The molecule has 1 aromatic rings. The van der Waals surface area contributed by atoms with E-state index in [0.717, 1.165) is 45.3 Å². The molecule has 0 spiro atoms. The number of rotatable bonds is 4. The predicted octanol–water partition coefficient (Wildman–Crippen LogP) is 2.83. The van der Waals surface area contributed by atoms with Gasteiger partial charge in [-0.15, -0.1) is 11.3 Å². The largest absolute Gasteiger partial charge is 0.390 e. The minimum Gasteiger partial charge on any atom is -0.390 e. The third-order valence-corrected chi connectivity index (χ3v) is 4.56. The van der Waals surface area contributed by atoms with Gasteiger partial charge in [0, 0.05) is 18.5 Å². The number of hydrogen-bond acceptors (Lipinski definition) is 4. The molecular formula is C14H24N2OS. The van der Waals surface area contributed by atoms with Crippen LogP contribution in [-0.4, -0.2) is 33.7 Å². The molecule has 0 aromatic carbocycles. The topological polar surface area (TPSA) is 36.4 Å². The first-order valence-corrected chi connectivity index (χ1v) is 7.85. The Kier molecular flexibility index (Phi) is 4.76. The molecule has 1 N–H and O–H groups in total. The summed E-state index contributed by atoms with van der Waals surface area (Å²) in [5, 5.41) is 13.5. The van der Waals surface area contributed by atoms with Gasteiger partial charge in [-0.05, 0) is 45.6 Å². The van der Waals surface area contributed by atoms with Crippen LogP contribution in [-0.2, 0) is 13.0 Å². The van der Waals surface area contributed by atoms with E-state index >= 15 is 0 Å². The molecule has 0 bridgehead atoms. The van der Waals surface area contributed by atoms with Crippen molar-refractivity contribution in [3.8, 4) is 0 Å². The quantitative estimate of drug-likeness (QED) is 0.912. The first-order chi connectivity index (χ1) is 8.59. The van der Waals surface area contributed by atoms with Crippen LogP contribution in [0.4, 0.5) is 0 Å². The third kappa shape index (κ3) is 4.04. The van der Waals surface area contributed by atoms with Crippen molar-refractivity contribution < 1.29 is 5.11 Å². The number of thiazole rings is 1. The van der Waals surface area contributed by atoms with Crippen molar-refractivity contribution in [1.29, 1.82) is 0 Å². The standard InChI is InChI=1S/C14H24N2OS/c1-3-5-13-15-12(11-18-13)10-16-8-4-6-14(2,17)7-9-16/h11,17H,3-10H2,1-2H3. The Labute approximate surface area is 114 Å². The van der Waals surface area contributed by atoms with Gasteiger partial charge in [0.05, 0.1) is 16.3 Å². The van der Waals surface area contributed by atoms with Crippen LogP contribution in [0.2, 0.25) is 0 Å². The molecule has 102 valence electrons. The van der Waals surface area contributed by atoms with Crippen molar-refractivity contribution in [3.63, 3.8) is 0 Å². The molecule has 2 heterocycles. The molecule has 18 heavy (non-hydrogen) atoms. The summed E-state index contributed by atoms with van der Waals surface area (Å²) in [6.45, 7) is 7.15. The zero-order chi connectivity index (χ0) is 13.0. The average Bonchev–Trinajstić information content (AvgIpc) is 2.66. The summed E-state index contributed by atoms with van der Waals surface area (Å²) in [6.07, 6.45) is 5.14. The molecule has 1 aromatic heterocycles. The SMILES string of the molecule is CCCc1nc(CN2CCCC(C)(O)CC2)cs1. The monoisotopic (exact) mass is 268 g/mol. The number of aryl methyl sites for hydroxylation is 1. The first-order valence-electron chi connectivity index (χ1n) is 6.97. The van der Waals surface area contributed by atoms with E-state index in [1.54, 1.807) is 11.3 Å². The van der Waals surface area contributed by atoms with Crippen LogP contribution in [0.15, 0.2) is 5.38 Å². The summed E-state index contributed by atoms with van der Waals surface area (Å²) < 4.78 is 0. The average molecular weight is 268 g/mol. The lowest BCUT2D eigenvalue weighted by atomic mass is 9.98. The molecule has 1 aliphatic heterocycles. The fraction of sp³-hybridized carbons (Fsp3) is 0.786. The summed E-state index contributed by atoms with van der Waals surface area (Å²) in [5.41, 5.74) is 0.731. The summed E-state index contributed by atoms with van der Waals surface area (Å²) in [5.74, 6) is 0. The Morgan fingerprint density at radius 3 is 3.06 bits per heavy atom. The molecule has 0 amide bonds. The van der Waals surface area contributed by atoms with Gasteiger partial charge in [-0.25, -0.2) is 4.98 Å². The summed E-state index contributed by atoms with van der Waals surface area (Å²) >= 11 is 1.78. The lowest BCUT2D eigenvalue weighted by molar-refractivity contribution is 0.0444. The fourth-order valence-electron chi connectivity index (χ4n) is 2.46. The number of aromatic nitrogens is 1. The van der Waals surface area contributed by atoms with Crippen molar-refractivity contribution in [1.82, 2.24) is 9.88 Å². The Hall–Kier alpha value is -0.450. The Morgan fingerprint density at radius 1 is 1.44 bits per heavy atom. The highest BCUT2D eigenvalue weighted by Gasteiger charge is 2.25. The van der Waals surface area contributed by atoms with Crippen molar-refractivity contribution in [3.05, 3.63) is 16.1 Å². The molecule has 1 unspecified atom stereocenters. The maximum atomic E-state index is 10.1. The Morgan fingerprint density at radius 2 is 2.28 bits per heavy atom. The smallest absolute Gasteiger partial charge is 0.0928 e. The van der Waals surface area contributed by atoms with Crippen LogP contribution in [0, 0.1) is 0 Å². The highest BCUT2D eigenvalue weighted by molar-refractivity contribution is 7.09. The number of aliphatic hydroxyl groups is 1. The molecular weight excluding hydrogens is 244 g/mol. The van der Waals surface area contributed by atoms with Crippen LogP contribution in [0.1, 0.15) is 50.2 Å². The number of nitrogens with zero attached hydrogens (tertiary/aromatic N) is 2. The Bertz CT molecular complexity index is 376. The molecule has 1 atom stereocenters. The van der Waals surface area contributed by atoms with E-state index in [9.17, 15) is 5.11 Å². The highest BCUT2D eigenvalue weighted by atomic mass is 32.1. The second-order valence-electron chi connectivity index (χ2n) is 5.61. The van der Waals surface area contributed by atoms with Crippen LogP contribution >= 0.6 is 11.3 Å². The van der Waals surface area contributed by atoms with E-state index in [-0.39, 0.29) is 0 Å². The van der Waals surface area contributed by atoms with Gasteiger partial charge in [0.15, 0.2) is 0 Å². The number of hydrogen-bond donors (Lipinski definition) is 1. The summed E-state index contributed by atoms with van der Waals surface area (Å²) in [7, 11) is 0. The van der Waals surface area contributed by atoms with E-state index in [1.165, 1.54) is 17.1 Å². The van der Waals surface area contributed by atoms with E-state index in [0.29, 0.717) is 0 Å². The van der Waals surface area contributed by atoms with Crippen LogP contribution in [0.5, 0.6) is 0 Å². The van der Waals surface area contributed by atoms with E-state index < -0.39 is 5.60 Å². The van der Waals surface area contributed by atoms with Crippen LogP contribution < -0.4 is 0 Å². The van der Waals surface area contributed by atoms with E-state index in [1.807, 2.05) is 6.92 Å². The van der Waals surface area contributed by atoms with Crippen LogP contribution in [0.3, 0.4) is 0 Å². The third-order valence-electron chi connectivity index (χ3n) is 3.61. The molecule has 4 heteroatoms. The number of likely N-dealkylation sites (tertiary alicyclic amines) is 1. The molecule has 1 saturated heterocycles. The summed E-state index contributed by atoms with van der Waals surface area (Å²) in [6, 6.07) is 0. The Balaban J connectivity index is 1.88. The van der Waals surface area contributed by atoms with E-state index in [2.05, 4.69) is 22.2 Å². The molecule has 1 aliphatic rings. The van der Waals surface area contributed by atoms with Gasteiger partial charge in [0.2, 0.25) is 0 Å². The molecule has 0 radical (unpaired) electrons. The van der Waals surface area contributed by atoms with E-state index in [4.69, 9.17) is 0 Å². The van der Waals surface area contributed by atoms with Gasteiger partial charge in [0.1, 0.15) is 0 Å². The zero-order valence-electron chi connectivity index (χ0n) is 11.5. The minimum atomic E-state index is -0.468. The van der Waals surface area contributed by atoms with Crippen molar-refractivity contribution in [2.75, 3.05) is 13.1 Å². The molecule has 3 nitrogen and oxygen atoms in total. The molecule has 2 rings (SSSR count). The summed E-state index contributed by atoms with van der Waals surface area (Å²) in [4.78, 5) is 7.10. The van der Waals surface area contributed by atoms with Gasteiger partial charge in [-0.1, -0.05) is 6.92 Å². The van der Waals surface area contributed by atoms with Crippen molar-refractivity contribution >= 4 is 11.3 Å². The van der Waals surface area contributed by atoms with Crippen molar-refractivity contribution in [2.24, 2.45) is 0 Å². The molecule has 0 aliphatic carbocycles. The lowest BCUT2D eigenvalue weighted by Gasteiger charge is -2.21. The minimum absolute atomic E-state index is 0.468. The van der Waals surface area contributed by atoms with Crippen LogP contribution in [0.25, 0.3) is 0 Å². The van der Waals surface area contributed by atoms with Gasteiger partial charge in [-0.3, -0.25) is 4.90 Å². The maximum absolute atomic E-state index is 10.1. The van der Waals surface area contributed by atoms with Gasteiger partial charge < -0.3 is 5.11 Å². The van der Waals surface area contributed by atoms with Gasteiger partial charge >= 0.3 is 0 Å². The molecule has 0 saturated carbocycles. The normalized spacial score (nSPS) is 26.2. The maximum Gasteiger partial charge on any atom is 0.0928 e. The first kappa shape index (κ1) is 14.0. The lowest BCUT2D eigenvalue weighted by Crippen LogP contribution is -2.28. The fourth-order valence-corrected chi connectivity index (χ4v) is 3.35.